The molecule has 112 valence electrons. The van der Waals surface area contributed by atoms with E-state index >= 15 is 0 Å². The Hall–Kier alpha value is -1.58. The molecular formula is C18H24N2O. The van der Waals surface area contributed by atoms with Crippen LogP contribution in [-0.2, 0) is 13.1 Å². The summed E-state index contributed by atoms with van der Waals surface area (Å²) in [4.78, 5) is 2.29. The standard InChI is InChI=1S/C18H24N2O/c1-13(2)11-20(3)12-16-15-6-4-5-7-17(15)21-18(16)10-19-14-8-9-14/h4-7,14,19H,1,8-12H2,2-3H3. The smallest absolute Gasteiger partial charge is 0.134 e. The van der Waals surface area contributed by atoms with E-state index in [0.717, 1.165) is 31.0 Å². The predicted molar refractivity (Wildman–Crippen MR) is 87.2 cm³/mol. The van der Waals surface area contributed by atoms with E-state index < -0.39 is 0 Å². The summed E-state index contributed by atoms with van der Waals surface area (Å²) in [5, 5.41) is 4.79. The van der Waals surface area contributed by atoms with Crippen LogP contribution in [0.15, 0.2) is 40.8 Å². The normalized spacial score (nSPS) is 15.0. The van der Waals surface area contributed by atoms with E-state index in [2.05, 4.69) is 49.0 Å². The highest BCUT2D eigenvalue weighted by Crippen LogP contribution is 2.28. The molecule has 0 amide bonds. The molecule has 0 saturated heterocycles. The summed E-state index contributed by atoms with van der Waals surface area (Å²) in [6, 6.07) is 9.02. The lowest BCUT2D eigenvalue weighted by molar-refractivity contribution is 0.351. The number of nitrogens with zero attached hydrogens (tertiary/aromatic N) is 1. The molecule has 1 aromatic carbocycles. The molecule has 3 rings (SSSR count). The molecule has 21 heavy (non-hydrogen) atoms. The zero-order valence-corrected chi connectivity index (χ0v) is 13.0. The van der Waals surface area contributed by atoms with E-state index in [4.69, 9.17) is 4.42 Å². The fourth-order valence-corrected chi connectivity index (χ4v) is 2.78. The highest BCUT2D eigenvalue weighted by atomic mass is 16.3. The first-order valence-electron chi connectivity index (χ1n) is 7.69. The van der Waals surface area contributed by atoms with Gasteiger partial charge in [0.2, 0.25) is 0 Å². The third-order valence-corrected chi connectivity index (χ3v) is 3.88. The molecule has 0 atom stereocenters. The Morgan fingerprint density at radius 3 is 2.86 bits per heavy atom. The lowest BCUT2D eigenvalue weighted by Gasteiger charge is -2.17. The Morgan fingerprint density at radius 2 is 2.14 bits per heavy atom. The lowest BCUT2D eigenvalue weighted by atomic mass is 10.1. The van der Waals surface area contributed by atoms with Crippen LogP contribution in [-0.4, -0.2) is 24.5 Å². The molecule has 1 saturated carbocycles. The second-order valence-corrected chi connectivity index (χ2v) is 6.28. The number of benzene rings is 1. The highest BCUT2D eigenvalue weighted by molar-refractivity contribution is 5.82. The third-order valence-electron chi connectivity index (χ3n) is 3.88. The van der Waals surface area contributed by atoms with Gasteiger partial charge in [0.1, 0.15) is 11.3 Å². The number of furan rings is 1. The van der Waals surface area contributed by atoms with Crippen LogP contribution in [0.4, 0.5) is 0 Å². The summed E-state index contributed by atoms with van der Waals surface area (Å²) in [7, 11) is 2.13. The monoisotopic (exact) mass is 284 g/mol. The molecule has 3 heteroatoms. The van der Waals surface area contributed by atoms with Gasteiger partial charge in [-0.2, -0.15) is 0 Å². The number of para-hydroxylation sites is 1. The first-order valence-corrected chi connectivity index (χ1v) is 7.69. The second kappa shape index (κ2) is 6.04. The molecule has 0 spiro atoms. The van der Waals surface area contributed by atoms with E-state index in [1.807, 2.05) is 6.07 Å². The van der Waals surface area contributed by atoms with Crippen molar-refractivity contribution in [3.8, 4) is 0 Å². The van der Waals surface area contributed by atoms with Crippen molar-refractivity contribution < 1.29 is 4.42 Å². The summed E-state index contributed by atoms with van der Waals surface area (Å²) in [6.07, 6.45) is 2.59. The molecule has 0 radical (unpaired) electrons. The summed E-state index contributed by atoms with van der Waals surface area (Å²) < 4.78 is 6.07. The van der Waals surface area contributed by atoms with Gasteiger partial charge in [-0.3, -0.25) is 4.90 Å². The molecule has 3 nitrogen and oxygen atoms in total. The maximum atomic E-state index is 6.07. The molecule has 1 aliphatic carbocycles. The first kappa shape index (κ1) is 14.4. The fourth-order valence-electron chi connectivity index (χ4n) is 2.78. The summed E-state index contributed by atoms with van der Waals surface area (Å²) in [5.41, 5.74) is 3.48. The maximum absolute atomic E-state index is 6.07. The fraction of sp³-hybridized carbons (Fsp3) is 0.444. The van der Waals surface area contributed by atoms with Crippen molar-refractivity contribution in [2.24, 2.45) is 0 Å². The molecule has 0 aliphatic heterocycles. The Balaban J connectivity index is 1.84. The van der Waals surface area contributed by atoms with Gasteiger partial charge in [-0.05, 0) is 32.9 Å². The van der Waals surface area contributed by atoms with Crippen LogP contribution in [0.25, 0.3) is 11.0 Å². The number of likely N-dealkylation sites (N-methyl/N-ethyl adjacent to an activating group) is 1. The zero-order chi connectivity index (χ0) is 14.8. The molecule has 1 heterocycles. The molecule has 1 aromatic heterocycles. The Bertz CT molecular complexity index is 640. The topological polar surface area (TPSA) is 28.4 Å². The first-order chi connectivity index (χ1) is 10.1. The van der Waals surface area contributed by atoms with Gasteiger partial charge in [0.25, 0.3) is 0 Å². The van der Waals surface area contributed by atoms with E-state index in [-0.39, 0.29) is 0 Å². The van der Waals surface area contributed by atoms with Crippen molar-refractivity contribution in [1.82, 2.24) is 10.2 Å². The van der Waals surface area contributed by atoms with Gasteiger partial charge >= 0.3 is 0 Å². The van der Waals surface area contributed by atoms with E-state index in [9.17, 15) is 0 Å². The summed E-state index contributed by atoms with van der Waals surface area (Å²) in [6.45, 7) is 8.70. The average Bonchev–Trinajstić information content (AvgIpc) is 3.20. The van der Waals surface area contributed by atoms with Gasteiger partial charge in [0, 0.05) is 30.1 Å². The van der Waals surface area contributed by atoms with Crippen LogP contribution in [0.5, 0.6) is 0 Å². The summed E-state index contributed by atoms with van der Waals surface area (Å²) >= 11 is 0. The van der Waals surface area contributed by atoms with E-state index in [1.54, 1.807) is 0 Å². The van der Waals surface area contributed by atoms with Crippen LogP contribution in [0.3, 0.4) is 0 Å². The number of hydrogen-bond acceptors (Lipinski definition) is 3. The van der Waals surface area contributed by atoms with Gasteiger partial charge in [-0.1, -0.05) is 30.4 Å². The number of fused-ring (bicyclic) bond motifs is 1. The molecule has 2 aromatic rings. The molecule has 0 bridgehead atoms. The van der Waals surface area contributed by atoms with Crippen molar-refractivity contribution in [2.45, 2.75) is 38.9 Å². The van der Waals surface area contributed by atoms with Crippen LogP contribution in [0.2, 0.25) is 0 Å². The minimum Gasteiger partial charge on any atom is -0.459 e. The van der Waals surface area contributed by atoms with Crippen LogP contribution >= 0.6 is 0 Å². The minimum absolute atomic E-state index is 0.694. The minimum atomic E-state index is 0.694. The van der Waals surface area contributed by atoms with Gasteiger partial charge in [0.05, 0.1) is 6.54 Å². The SMILES string of the molecule is C=C(C)CN(C)Cc1c(CNC2CC2)oc2ccccc12. The van der Waals surface area contributed by atoms with Crippen molar-refractivity contribution in [3.05, 3.63) is 47.7 Å². The van der Waals surface area contributed by atoms with Gasteiger partial charge in [-0.15, -0.1) is 0 Å². The number of rotatable bonds is 7. The molecule has 1 fully saturated rings. The molecule has 1 aliphatic rings. The van der Waals surface area contributed by atoms with E-state index in [0.29, 0.717) is 6.04 Å². The third kappa shape index (κ3) is 3.55. The largest absolute Gasteiger partial charge is 0.459 e. The number of nitrogens with one attached hydrogen (secondary N) is 1. The van der Waals surface area contributed by atoms with Crippen LogP contribution < -0.4 is 5.32 Å². The Morgan fingerprint density at radius 1 is 1.38 bits per heavy atom. The molecular weight excluding hydrogens is 260 g/mol. The lowest BCUT2D eigenvalue weighted by Crippen LogP contribution is -2.21. The Kier molecular flexibility index (Phi) is 4.13. The van der Waals surface area contributed by atoms with Crippen molar-refractivity contribution in [3.63, 3.8) is 0 Å². The molecule has 1 N–H and O–H groups in total. The quantitative estimate of drug-likeness (QED) is 0.786. The average molecular weight is 284 g/mol. The number of hydrogen-bond donors (Lipinski definition) is 1. The second-order valence-electron chi connectivity index (χ2n) is 6.28. The van der Waals surface area contributed by atoms with Gasteiger partial charge < -0.3 is 9.73 Å². The van der Waals surface area contributed by atoms with Gasteiger partial charge in [-0.25, -0.2) is 0 Å². The molecule has 0 unspecified atom stereocenters. The van der Waals surface area contributed by atoms with Crippen molar-refractivity contribution >= 4 is 11.0 Å². The van der Waals surface area contributed by atoms with Crippen molar-refractivity contribution in [1.29, 1.82) is 0 Å². The zero-order valence-electron chi connectivity index (χ0n) is 13.0. The van der Waals surface area contributed by atoms with Crippen LogP contribution in [0, 0.1) is 0 Å². The maximum Gasteiger partial charge on any atom is 0.134 e. The van der Waals surface area contributed by atoms with Crippen LogP contribution in [0.1, 0.15) is 31.1 Å². The Labute approximate surface area is 126 Å². The summed E-state index contributed by atoms with van der Waals surface area (Å²) in [5.74, 6) is 1.08. The van der Waals surface area contributed by atoms with Crippen molar-refractivity contribution in [2.75, 3.05) is 13.6 Å². The van der Waals surface area contributed by atoms with E-state index in [1.165, 1.54) is 29.4 Å². The predicted octanol–water partition coefficient (Wildman–Crippen LogP) is 3.69. The van der Waals surface area contributed by atoms with Gasteiger partial charge in [0.15, 0.2) is 0 Å². The highest BCUT2D eigenvalue weighted by Gasteiger charge is 2.22.